The molecule has 0 unspecified atom stereocenters. The second-order valence-corrected chi connectivity index (χ2v) is 6.68. The summed E-state index contributed by atoms with van der Waals surface area (Å²) in [5, 5.41) is 2.93. The van der Waals surface area contributed by atoms with Gasteiger partial charge in [0.25, 0.3) is 5.69 Å². The third-order valence-corrected chi connectivity index (χ3v) is 5.02. The van der Waals surface area contributed by atoms with E-state index in [4.69, 9.17) is 20.8 Å². The maximum atomic E-state index is 12.6. The van der Waals surface area contributed by atoms with Gasteiger partial charge in [-0.05, 0) is 47.7 Å². The summed E-state index contributed by atoms with van der Waals surface area (Å²) in [7, 11) is 4.45. The van der Waals surface area contributed by atoms with Gasteiger partial charge < -0.3 is 19.5 Å². The normalized spacial score (nSPS) is 14.5. The van der Waals surface area contributed by atoms with Crippen molar-refractivity contribution in [1.29, 1.82) is 0 Å². The number of aryl methyl sites for hydroxylation is 1. The van der Waals surface area contributed by atoms with Crippen LogP contribution < -0.4 is 25.0 Å². The fourth-order valence-corrected chi connectivity index (χ4v) is 3.79. The van der Waals surface area contributed by atoms with Crippen molar-refractivity contribution in [2.45, 2.75) is 25.8 Å². The number of carbonyl (C=O) groups excluding carboxylic acids is 1. The Balaban J connectivity index is 2.44. The molecule has 0 radical (unpaired) electrons. The van der Waals surface area contributed by atoms with Gasteiger partial charge in [-0.1, -0.05) is 6.07 Å². The van der Waals surface area contributed by atoms with E-state index in [1.807, 2.05) is 6.07 Å². The number of ether oxygens (including phenoxy) is 3. The van der Waals surface area contributed by atoms with E-state index in [1.165, 1.54) is 34.3 Å². The van der Waals surface area contributed by atoms with Crippen molar-refractivity contribution in [3.05, 3.63) is 57.0 Å². The Bertz CT molecular complexity index is 1070. The lowest BCUT2D eigenvalue weighted by molar-refractivity contribution is -0.119. The molecule has 0 spiro atoms. The molecule has 0 heterocycles. The number of fused-ring (bicyclic) bond motifs is 3. The number of nitrogens with zero attached hydrogens (tertiary/aromatic N) is 1. The topological polar surface area (TPSA) is 78.2 Å². The summed E-state index contributed by atoms with van der Waals surface area (Å²) >= 11 is 0. The monoisotopic (exact) mass is 394 g/mol. The summed E-state index contributed by atoms with van der Waals surface area (Å²) in [6, 6.07) is 6.32. The highest BCUT2D eigenvalue weighted by atomic mass is 16.5. The number of nitrogens with one attached hydrogen (secondary N) is 1. The van der Waals surface area contributed by atoms with Crippen molar-refractivity contribution in [3.8, 4) is 28.4 Å². The number of methoxy groups -OCH3 is 3. The van der Waals surface area contributed by atoms with Crippen LogP contribution in [0.1, 0.15) is 30.5 Å². The number of hydrogen-bond donors (Lipinski definition) is 1. The van der Waals surface area contributed by atoms with Crippen LogP contribution in [-0.2, 0) is 11.2 Å². The van der Waals surface area contributed by atoms with Crippen molar-refractivity contribution >= 4 is 11.6 Å². The van der Waals surface area contributed by atoms with E-state index in [9.17, 15) is 9.59 Å². The molecule has 1 aliphatic rings. The van der Waals surface area contributed by atoms with Gasteiger partial charge in [0.15, 0.2) is 5.75 Å². The van der Waals surface area contributed by atoms with Gasteiger partial charge in [0.1, 0.15) is 11.5 Å². The lowest BCUT2D eigenvalue weighted by atomic mass is 9.95. The van der Waals surface area contributed by atoms with Gasteiger partial charge in [-0.2, -0.15) is 0 Å². The van der Waals surface area contributed by atoms with Crippen molar-refractivity contribution < 1.29 is 19.0 Å². The summed E-state index contributed by atoms with van der Waals surface area (Å²) in [6.07, 6.45) is 1.18. The van der Waals surface area contributed by atoms with Crippen LogP contribution in [0.3, 0.4) is 0 Å². The maximum absolute atomic E-state index is 12.6. The zero-order valence-corrected chi connectivity index (χ0v) is 16.8. The lowest BCUT2D eigenvalue weighted by Gasteiger charge is -2.18. The van der Waals surface area contributed by atoms with Crippen LogP contribution in [0.2, 0.25) is 0 Å². The Morgan fingerprint density at radius 1 is 1.14 bits per heavy atom. The molecule has 0 saturated carbocycles. The molecule has 150 valence electrons. The average molecular weight is 394 g/mol. The Kier molecular flexibility index (Phi) is 5.74. The quantitative estimate of drug-likeness (QED) is 0.804. The molecule has 29 heavy (non-hydrogen) atoms. The second-order valence-electron chi connectivity index (χ2n) is 6.68. The summed E-state index contributed by atoms with van der Waals surface area (Å²) in [5.74, 6) is 0.817. The molecular formula is C22H22N2O5. The van der Waals surface area contributed by atoms with Gasteiger partial charge in [-0.15, -0.1) is 0 Å². The zero-order chi connectivity index (χ0) is 21.1. The number of benzene rings is 1. The molecule has 2 aromatic carbocycles. The Morgan fingerprint density at radius 3 is 2.45 bits per heavy atom. The largest absolute Gasteiger partial charge is 0.508 e. The molecule has 3 rings (SSSR count). The molecule has 1 atom stereocenters. The summed E-state index contributed by atoms with van der Waals surface area (Å²) in [6.45, 7) is 9.04. The van der Waals surface area contributed by atoms with Gasteiger partial charge in [0.2, 0.25) is 11.3 Å². The zero-order valence-electron chi connectivity index (χ0n) is 16.8. The van der Waals surface area contributed by atoms with E-state index in [-0.39, 0.29) is 28.8 Å². The van der Waals surface area contributed by atoms with Crippen LogP contribution in [0.15, 0.2) is 29.1 Å². The number of hydrogen-bond acceptors (Lipinski definition) is 5. The van der Waals surface area contributed by atoms with Gasteiger partial charge in [0.05, 0.1) is 33.9 Å². The minimum absolute atomic E-state index is 0.191. The molecule has 0 aliphatic heterocycles. The minimum atomic E-state index is -0.369. The van der Waals surface area contributed by atoms with Crippen molar-refractivity contribution in [2.24, 2.45) is 0 Å². The van der Waals surface area contributed by atoms with Crippen LogP contribution >= 0.6 is 0 Å². The first-order valence-corrected chi connectivity index (χ1v) is 9.10. The Hall–Kier alpha value is -3.53. The van der Waals surface area contributed by atoms with E-state index in [2.05, 4.69) is 10.2 Å². The van der Waals surface area contributed by atoms with E-state index in [0.29, 0.717) is 35.5 Å². The highest BCUT2D eigenvalue weighted by Crippen LogP contribution is 2.50. The molecule has 0 saturated heterocycles. The van der Waals surface area contributed by atoms with Gasteiger partial charge in [0, 0.05) is 12.5 Å². The summed E-state index contributed by atoms with van der Waals surface area (Å²) in [4.78, 5) is 28.0. The van der Waals surface area contributed by atoms with Crippen LogP contribution in [0.25, 0.3) is 16.0 Å². The van der Waals surface area contributed by atoms with Crippen LogP contribution in [-0.4, -0.2) is 27.2 Å². The maximum Gasteiger partial charge on any atom is 0.269 e. The third-order valence-electron chi connectivity index (χ3n) is 5.02. The molecule has 0 aromatic heterocycles. The van der Waals surface area contributed by atoms with Gasteiger partial charge >= 0.3 is 0 Å². The molecule has 1 N–H and O–H groups in total. The van der Waals surface area contributed by atoms with E-state index in [0.717, 1.165) is 11.1 Å². The second kappa shape index (κ2) is 8.23. The van der Waals surface area contributed by atoms with Gasteiger partial charge in [-0.25, -0.2) is 4.85 Å². The predicted octanol–water partition coefficient (Wildman–Crippen LogP) is 3.41. The van der Waals surface area contributed by atoms with Crippen LogP contribution in [0.5, 0.6) is 17.2 Å². The SMILES string of the molecule is [C-]#[N+]c1c(OC)cc2c(c1OC)-c1ccc(OC)c(=O)cc1[C@@H](NC(C)=O)CC2. The number of carbonyl (C=O) groups is 1. The molecule has 7 nitrogen and oxygen atoms in total. The standard InChI is InChI=1S/C22H22N2O5/c1-12(25)24-16-8-6-13-10-19(28-4)21(23-2)22(29-5)20(13)14-7-9-18(27-3)17(26)11-15(14)16/h7,9-11,16H,6,8H2,1,3-5H3,(H,24,25)/t16-/m0/s1. The first-order valence-electron chi connectivity index (χ1n) is 9.10. The minimum Gasteiger partial charge on any atom is -0.508 e. The highest BCUT2D eigenvalue weighted by Gasteiger charge is 2.29. The fourth-order valence-electron chi connectivity index (χ4n) is 3.79. The third kappa shape index (κ3) is 3.61. The molecule has 2 aromatic rings. The first-order chi connectivity index (χ1) is 13.9. The highest BCUT2D eigenvalue weighted by molar-refractivity contribution is 5.87. The Morgan fingerprint density at radius 2 is 1.86 bits per heavy atom. The average Bonchev–Trinajstić information content (AvgIpc) is 2.95. The van der Waals surface area contributed by atoms with Crippen molar-refractivity contribution in [1.82, 2.24) is 5.32 Å². The molecule has 0 bridgehead atoms. The number of rotatable bonds is 4. The van der Waals surface area contributed by atoms with Crippen LogP contribution in [0, 0.1) is 6.57 Å². The van der Waals surface area contributed by atoms with E-state index < -0.39 is 0 Å². The fraction of sp³-hybridized carbons (Fsp3) is 0.318. The molecule has 1 amide bonds. The van der Waals surface area contributed by atoms with Crippen molar-refractivity contribution in [2.75, 3.05) is 21.3 Å². The Labute approximate surface area is 169 Å². The molecule has 7 heteroatoms. The smallest absolute Gasteiger partial charge is 0.269 e. The number of amides is 1. The molecule has 0 fully saturated rings. The van der Waals surface area contributed by atoms with E-state index >= 15 is 0 Å². The molecule has 1 aliphatic carbocycles. The summed E-state index contributed by atoms with van der Waals surface area (Å²) < 4.78 is 16.2. The van der Waals surface area contributed by atoms with Gasteiger partial charge in [-0.3, -0.25) is 9.59 Å². The van der Waals surface area contributed by atoms with Crippen molar-refractivity contribution in [3.63, 3.8) is 0 Å². The predicted molar refractivity (Wildman–Crippen MR) is 109 cm³/mol. The van der Waals surface area contributed by atoms with Crippen LogP contribution in [0.4, 0.5) is 5.69 Å². The summed E-state index contributed by atoms with van der Waals surface area (Å²) in [5.41, 5.74) is 2.98. The first kappa shape index (κ1) is 20.2. The lowest BCUT2D eigenvalue weighted by Crippen LogP contribution is -2.26. The molecular weight excluding hydrogens is 372 g/mol. The van der Waals surface area contributed by atoms with E-state index in [1.54, 1.807) is 12.1 Å².